The summed E-state index contributed by atoms with van der Waals surface area (Å²) in [6.45, 7) is 3.28. The normalized spacial score (nSPS) is 25.3. The first-order valence-corrected chi connectivity index (χ1v) is 6.75. The molecule has 20 heavy (non-hydrogen) atoms. The maximum atomic E-state index is 13.6. The number of halogens is 2. The molecule has 0 saturated carbocycles. The van der Waals surface area contributed by atoms with E-state index in [1.54, 1.807) is 6.92 Å². The third kappa shape index (κ3) is 3.26. The summed E-state index contributed by atoms with van der Waals surface area (Å²) in [6, 6.07) is 8.78. The second kappa shape index (κ2) is 5.77. The van der Waals surface area contributed by atoms with Gasteiger partial charge in [0.25, 0.3) is 5.92 Å². The zero-order valence-corrected chi connectivity index (χ0v) is 11.7. The van der Waals surface area contributed by atoms with Gasteiger partial charge in [0.2, 0.25) is 0 Å². The Hall–Kier alpha value is -1.65. The van der Waals surface area contributed by atoms with E-state index < -0.39 is 24.0 Å². The van der Waals surface area contributed by atoms with E-state index in [9.17, 15) is 13.6 Å². The van der Waals surface area contributed by atoms with Crippen LogP contribution in [0.5, 0.6) is 0 Å². The number of ether oxygens (including phenoxy) is 1. The molecule has 0 spiro atoms. The molecular formula is C15H19F2NO2. The monoisotopic (exact) mass is 283 g/mol. The average Bonchev–Trinajstić information content (AvgIpc) is 2.41. The molecule has 1 amide bonds. The summed E-state index contributed by atoms with van der Waals surface area (Å²) >= 11 is 0. The molecule has 2 rings (SSSR count). The Kier molecular flexibility index (Phi) is 4.26. The van der Waals surface area contributed by atoms with E-state index in [0.29, 0.717) is 0 Å². The van der Waals surface area contributed by atoms with E-state index in [1.807, 2.05) is 30.3 Å². The quantitative estimate of drug-likeness (QED) is 0.828. The molecule has 1 saturated heterocycles. The van der Waals surface area contributed by atoms with Crippen LogP contribution in [0.15, 0.2) is 30.3 Å². The number of amides is 1. The van der Waals surface area contributed by atoms with Gasteiger partial charge in [0.15, 0.2) is 0 Å². The van der Waals surface area contributed by atoms with Gasteiger partial charge in [-0.3, -0.25) is 0 Å². The number of hydrogen-bond acceptors (Lipinski definition) is 2. The number of piperidine rings is 1. The fraction of sp³-hybridized carbons (Fsp3) is 0.533. The van der Waals surface area contributed by atoms with Crippen LogP contribution >= 0.6 is 0 Å². The summed E-state index contributed by atoms with van der Waals surface area (Å²) in [6.07, 6.45) is -0.835. The first kappa shape index (κ1) is 14.8. The molecule has 2 atom stereocenters. The molecule has 0 radical (unpaired) electrons. The van der Waals surface area contributed by atoms with Crippen LogP contribution in [0, 0.1) is 5.92 Å². The fourth-order valence-corrected chi connectivity index (χ4v) is 2.37. The largest absolute Gasteiger partial charge is 0.445 e. The Bertz CT molecular complexity index is 464. The minimum Gasteiger partial charge on any atom is -0.445 e. The van der Waals surface area contributed by atoms with Crippen LogP contribution in [-0.4, -0.2) is 29.5 Å². The molecule has 2 unspecified atom stereocenters. The third-order valence-electron chi connectivity index (χ3n) is 3.73. The Morgan fingerprint density at radius 2 is 2.00 bits per heavy atom. The Labute approximate surface area is 117 Å². The van der Waals surface area contributed by atoms with Crippen molar-refractivity contribution in [2.24, 2.45) is 5.92 Å². The third-order valence-corrected chi connectivity index (χ3v) is 3.73. The van der Waals surface area contributed by atoms with E-state index in [0.717, 1.165) is 5.56 Å². The molecule has 1 heterocycles. The van der Waals surface area contributed by atoms with Gasteiger partial charge in [-0.2, -0.15) is 0 Å². The number of nitrogens with zero attached hydrogens (tertiary/aromatic N) is 1. The number of carbonyl (C=O) groups excluding carboxylic acids is 1. The maximum Gasteiger partial charge on any atom is 0.410 e. The van der Waals surface area contributed by atoms with E-state index in [1.165, 1.54) is 11.8 Å². The molecule has 0 bridgehead atoms. The lowest BCUT2D eigenvalue weighted by atomic mass is 9.91. The van der Waals surface area contributed by atoms with Crippen LogP contribution in [-0.2, 0) is 11.3 Å². The molecule has 1 aromatic rings. The lowest BCUT2D eigenvalue weighted by Gasteiger charge is -2.40. The van der Waals surface area contributed by atoms with Gasteiger partial charge in [0.1, 0.15) is 6.61 Å². The molecule has 110 valence electrons. The van der Waals surface area contributed by atoms with Crippen LogP contribution in [0.1, 0.15) is 25.8 Å². The number of benzene rings is 1. The number of likely N-dealkylation sites (tertiary alicyclic amines) is 1. The molecular weight excluding hydrogens is 264 g/mol. The summed E-state index contributed by atoms with van der Waals surface area (Å²) in [5.74, 6) is -3.56. The predicted molar refractivity (Wildman–Crippen MR) is 71.5 cm³/mol. The Morgan fingerprint density at radius 3 is 2.65 bits per heavy atom. The van der Waals surface area contributed by atoms with Crippen molar-refractivity contribution in [3.05, 3.63) is 35.9 Å². The van der Waals surface area contributed by atoms with Gasteiger partial charge in [0, 0.05) is 24.9 Å². The summed E-state index contributed by atoms with van der Waals surface area (Å²) in [4.78, 5) is 13.4. The molecule has 1 aliphatic heterocycles. The van der Waals surface area contributed by atoms with Crippen LogP contribution in [0.4, 0.5) is 13.6 Å². The number of carbonyl (C=O) groups is 1. The number of hydrogen-bond donors (Lipinski definition) is 0. The van der Waals surface area contributed by atoms with Crippen molar-refractivity contribution in [3.8, 4) is 0 Å². The second-order valence-electron chi connectivity index (χ2n) is 5.41. The van der Waals surface area contributed by atoms with Gasteiger partial charge in [-0.1, -0.05) is 37.3 Å². The number of rotatable bonds is 2. The van der Waals surface area contributed by atoms with Crippen LogP contribution in [0.2, 0.25) is 0 Å². The van der Waals surface area contributed by atoms with E-state index in [-0.39, 0.29) is 19.6 Å². The lowest BCUT2D eigenvalue weighted by Crippen LogP contribution is -2.53. The maximum absolute atomic E-state index is 13.6. The van der Waals surface area contributed by atoms with Crippen molar-refractivity contribution < 1.29 is 18.3 Å². The average molecular weight is 283 g/mol. The molecule has 1 fully saturated rings. The zero-order chi connectivity index (χ0) is 14.8. The molecule has 3 nitrogen and oxygen atoms in total. The highest BCUT2D eigenvalue weighted by molar-refractivity contribution is 5.68. The van der Waals surface area contributed by atoms with E-state index in [2.05, 4.69) is 0 Å². The van der Waals surface area contributed by atoms with Gasteiger partial charge in [-0.05, 0) is 12.5 Å². The Balaban J connectivity index is 1.93. The SMILES string of the molecule is CC1CC(F)(F)C(C)CN1C(=O)OCc1ccccc1. The fourth-order valence-electron chi connectivity index (χ4n) is 2.37. The minimum absolute atomic E-state index is 0.0296. The summed E-state index contributed by atoms with van der Waals surface area (Å²) < 4.78 is 32.3. The van der Waals surface area contributed by atoms with Crippen molar-refractivity contribution >= 4 is 6.09 Å². The van der Waals surface area contributed by atoms with Crippen molar-refractivity contribution in [1.29, 1.82) is 0 Å². The van der Waals surface area contributed by atoms with Gasteiger partial charge in [-0.25, -0.2) is 13.6 Å². The summed E-state index contributed by atoms with van der Waals surface area (Å²) in [7, 11) is 0. The molecule has 5 heteroatoms. The van der Waals surface area contributed by atoms with Crippen LogP contribution in [0.3, 0.4) is 0 Å². The van der Waals surface area contributed by atoms with Crippen LogP contribution in [0.25, 0.3) is 0 Å². The summed E-state index contributed by atoms with van der Waals surface area (Å²) in [5, 5.41) is 0. The smallest absolute Gasteiger partial charge is 0.410 e. The van der Waals surface area contributed by atoms with Crippen LogP contribution < -0.4 is 0 Å². The highest BCUT2D eigenvalue weighted by Gasteiger charge is 2.46. The first-order valence-electron chi connectivity index (χ1n) is 6.75. The molecule has 1 aliphatic rings. The summed E-state index contributed by atoms with van der Waals surface area (Å²) in [5.41, 5.74) is 0.879. The highest BCUT2D eigenvalue weighted by Crippen LogP contribution is 2.36. The minimum atomic E-state index is -2.71. The lowest BCUT2D eigenvalue weighted by molar-refractivity contribution is -0.111. The number of alkyl halides is 2. The van der Waals surface area contributed by atoms with E-state index in [4.69, 9.17) is 4.74 Å². The van der Waals surface area contributed by atoms with Crippen molar-refractivity contribution in [3.63, 3.8) is 0 Å². The van der Waals surface area contributed by atoms with Gasteiger partial charge in [-0.15, -0.1) is 0 Å². The van der Waals surface area contributed by atoms with Crippen molar-refractivity contribution in [2.75, 3.05) is 6.54 Å². The Morgan fingerprint density at radius 1 is 1.35 bits per heavy atom. The molecule has 0 aromatic heterocycles. The molecule has 0 N–H and O–H groups in total. The standard InChI is InChI=1S/C15H19F2NO2/c1-11-9-18(12(2)8-15(11,16)17)14(19)20-10-13-6-4-3-5-7-13/h3-7,11-12H,8-10H2,1-2H3. The highest BCUT2D eigenvalue weighted by atomic mass is 19.3. The van der Waals surface area contributed by atoms with Gasteiger partial charge in [0.05, 0.1) is 0 Å². The molecule has 0 aliphatic carbocycles. The van der Waals surface area contributed by atoms with Crippen molar-refractivity contribution in [2.45, 2.75) is 38.8 Å². The van der Waals surface area contributed by atoms with Gasteiger partial charge < -0.3 is 9.64 Å². The zero-order valence-electron chi connectivity index (χ0n) is 11.7. The van der Waals surface area contributed by atoms with Gasteiger partial charge >= 0.3 is 6.09 Å². The predicted octanol–water partition coefficient (Wildman–Crippen LogP) is 3.69. The molecule has 1 aromatic carbocycles. The van der Waals surface area contributed by atoms with E-state index >= 15 is 0 Å². The van der Waals surface area contributed by atoms with Crippen molar-refractivity contribution in [1.82, 2.24) is 4.90 Å². The second-order valence-corrected chi connectivity index (χ2v) is 5.41. The first-order chi connectivity index (χ1) is 9.40. The topological polar surface area (TPSA) is 29.5 Å².